The number of halogens is 2. The molecule has 0 aliphatic heterocycles. The molecule has 2 aromatic rings. The third-order valence-corrected chi connectivity index (χ3v) is 4.01. The number of carboxylic acids is 1. The van der Waals surface area contributed by atoms with Crippen LogP contribution in [0, 0.1) is 0 Å². The van der Waals surface area contributed by atoms with Gasteiger partial charge in [0.2, 0.25) is 0 Å². The van der Waals surface area contributed by atoms with Gasteiger partial charge in [-0.1, -0.05) is 29.3 Å². The Labute approximate surface area is 139 Å². The second-order valence-corrected chi connectivity index (χ2v) is 6.31. The Morgan fingerprint density at radius 2 is 2.05 bits per heavy atom. The second kappa shape index (κ2) is 7.04. The van der Waals surface area contributed by atoms with Crippen molar-refractivity contribution in [3.05, 3.63) is 50.5 Å². The molecular weight excluding hydrogens is 400 g/mol. The number of pyridine rings is 1. The summed E-state index contributed by atoms with van der Waals surface area (Å²) in [6.45, 7) is 2.03. The minimum absolute atomic E-state index is 0.238. The molecule has 0 fully saturated rings. The zero-order chi connectivity index (χ0) is 15.4. The van der Waals surface area contributed by atoms with Gasteiger partial charge in [-0.3, -0.25) is 0 Å². The van der Waals surface area contributed by atoms with Gasteiger partial charge in [0.1, 0.15) is 5.82 Å². The summed E-state index contributed by atoms with van der Waals surface area (Å²) in [6, 6.07) is 8.87. The van der Waals surface area contributed by atoms with Gasteiger partial charge in [0.25, 0.3) is 0 Å². The lowest BCUT2D eigenvalue weighted by atomic mass is 10.1. The molecule has 1 aromatic heterocycles. The summed E-state index contributed by atoms with van der Waals surface area (Å²) in [6.07, 6.45) is 1.66. The molecule has 2 rings (SSSR count). The van der Waals surface area contributed by atoms with Crippen LogP contribution in [0.15, 0.2) is 39.3 Å². The van der Waals surface area contributed by atoms with Crippen LogP contribution in [0.1, 0.15) is 29.4 Å². The third kappa shape index (κ3) is 4.28. The molecule has 0 radical (unpaired) electrons. The van der Waals surface area contributed by atoms with Crippen LogP contribution >= 0.6 is 31.9 Å². The van der Waals surface area contributed by atoms with E-state index in [-0.39, 0.29) is 5.56 Å². The van der Waals surface area contributed by atoms with Gasteiger partial charge in [-0.15, -0.1) is 0 Å². The Morgan fingerprint density at radius 1 is 1.29 bits per heavy atom. The molecule has 4 nitrogen and oxygen atoms in total. The fourth-order valence-corrected chi connectivity index (χ4v) is 2.60. The quantitative estimate of drug-likeness (QED) is 0.723. The molecule has 0 amide bonds. The molecule has 0 bridgehead atoms. The summed E-state index contributed by atoms with van der Waals surface area (Å²) in [4.78, 5) is 15.7. The Hall–Kier alpha value is -1.40. The number of nitrogens with zero attached hydrogens (tertiary/aromatic N) is 1. The molecule has 0 aliphatic carbocycles. The molecule has 0 aliphatic rings. The topological polar surface area (TPSA) is 62.2 Å². The minimum atomic E-state index is -0.953. The van der Waals surface area contributed by atoms with Crippen LogP contribution in [-0.4, -0.2) is 16.1 Å². The fourth-order valence-electron chi connectivity index (χ4n) is 1.89. The van der Waals surface area contributed by atoms with Crippen LogP contribution in [0.4, 0.5) is 11.5 Å². The van der Waals surface area contributed by atoms with Gasteiger partial charge in [0.15, 0.2) is 0 Å². The average molecular weight is 414 g/mol. The molecule has 0 spiro atoms. The highest BCUT2D eigenvalue weighted by atomic mass is 79.9. The fraction of sp³-hybridized carbons (Fsp3) is 0.200. The van der Waals surface area contributed by atoms with Gasteiger partial charge in [-0.05, 0) is 52.7 Å². The number of carbonyl (C=O) groups is 1. The predicted octanol–water partition coefficient (Wildman–Crippen LogP) is 5.00. The molecule has 0 unspecified atom stereocenters. The maximum absolute atomic E-state index is 11.2. The first kappa shape index (κ1) is 16.0. The summed E-state index contributed by atoms with van der Waals surface area (Å²) >= 11 is 6.87. The van der Waals surface area contributed by atoms with Gasteiger partial charge in [0, 0.05) is 14.6 Å². The van der Waals surface area contributed by atoms with E-state index in [1.165, 1.54) is 6.07 Å². The van der Waals surface area contributed by atoms with Crippen molar-refractivity contribution in [2.75, 3.05) is 5.32 Å². The number of anilines is 2. The van der Waals surface area contributed by atoms with E-state index < -0.39 is 5.97 Å². The second-order valence-electron chi connectivity index (χ2n) is 4.54. The number of rotatable bonds is 5. The van der Waals surface area contributed by atoms with Crippen molar-refractivity contribution < 1.29 is 9.90 Å². The van der Waals surface area contributed by atoms with Crippen LogP contribution in [-0.2, 0) is 6.42 Å². The number of benzene rings is 1. The first-order valence-corrected chi connectivity index (χ1v) is 8.04. The van der Waals surface area contributed by atoms with E-state index in [2.05, 4.69) is 42.2 Å². The number of aromatic nitrogens is 1. The average Bonchev–Trinajstić information content (AvgIpc) is 2.43. The highest BCUT2D eigenvalue weighted by Gasteiger charge is 2.10. The predicted molar refractivity (Wildman–Crippen MR) is 90.3 cm³/mol. The van der Waals surface area contributed by atoms with Crippen LogP contribution in [0.3, 0.4) is 0 Å². The number of aromatic carboxylic acids is 1. The lowest BCUT2D eigenvalue weighted by Gasteiger charge is -2.11. The maximum atomic E-state index is 11.2. The molecule has 1 aromatic carbocycles. The van der Waals surface area contributed by atoms with Crippen molar-refractivity contribution in [1.82, 2.24) is 4.98 Å². The number of aryl methyl sites for hydroxylation is 1. The Balaban J connectivity index is 2.38. The van der Waals surface area contributed by atoms with Gasteiger partial charge in [-0.25, -0.2) is 9.78 Å². The molecule has 2 N–H and O–H groups in total. The highest BCUT2D eigenvalue weighted by molar-refractivity contribution is 9.11. The van der Waals surface area contributed by atoms with Crippen molar-refractivity contribution >= 4 is 49.3 Å². The summed E-state index contributed by atoms with van der Waals surface area (Å²) in [7, 11) is 0. The van der Waals surface area contributed by atoms with Crippen LogP contribution in [0.5, 0.6) is 0 Å². The first-order valence-electron chi connectivity index (χ1n) is 6.46. The van der Waals surface area contributed by atoms with Crippen molar-refractivity contribution in [3.8, 4) is 0 Å². The van der Waals surface area contributed by atoms with E-state index in [0.717, 1.165) is 33.2 Å². The van der Waals surface area contributed by atoms with Crippen molar-refractivity contribution in [2.24, 2.45) is 0 Å². The number of carboxylic acid groups (broad SMARTS) is 1. The van der Waals surface area contributed by atoms with Crippen LogP contribution < -0.4 is 5.32 Å². The summed E-state index contributed by atoms with van der Waals surface area (Å²) in [5.41, 5.74) is 1.83. The lowest BCUT2D eigenvalue weighted by molar-refractivity contribution is 0.0696. The van der Waals surface area contributed by atoms with Crippen LogP contribution in [0.25, 0.3) is 0 Å². The van der Waals surface area contributed by atoms with E-state index >= 15 is 0 Å². The number of hydrogen-bond donors (Lipinski definition) is 2. The van der Waals surface area contributed by atoms with Crippen molar-refractivity contribution in [2.45, 2.75) is 19.8 Å². The molecule has 110 valence electrons. The Bertz CT molecular complexity index is 675. The molecule has 0 atom stereocenters. The molecule has 0 saturated heterocycles. The maximum Gasteiger partial charge on any atom is 0.335 e. The van der Waals surface area contributed by atoms with Crippen LogP contribution in [0.2, 0.25) is 0 Å². The Morgan fingerprint density at radius 3 is 2.71 bits per heavy atom. The Kier molecular flexibility index (Phi) is 5.36. The lowest BCUT2D eigenvalue weighted by Crippen LogP contribution is -2.04. The molecule has 1 heterocycles. The zero-order valence-electron chi connectivity index (χ0n) is 11.4. The van der Waals surface area contributed by atoms with Crippen molar-refractivity contribution in [3.63, 3.8) is 0 Å². The number of nitrogens with one attached hydrogen (secondary N) is 1. The molecular formula is C15H14Br2N2O2. The molecule has 21 heavy (non-hydrogen) atoms. The van der Waals surface area contributed by atoms with E-state index in [0.29, 0.717) is 5.82 Å². The van der Waals surface area contributed by atoms with Gasteiger partial charge in [0.05, 0.1) is 11.3 Å². The van der Waals surface area contributed by atoms with E-state index in [1.807, 2.05) is 25.1 Å². The monoisotopic (exact) mass is 412 g/mol. The van der Waals surface area contributed by atoms with E-state index in [1.54, 1.807) is 6.07 Å². The van der Waals surface area contributed by atoms with E-state index in [9.17, 15) is 9.90 Å². The van der Waals surface area contributed by atoms with Gasteiger partial charge in [-0.2, -0.15) is 0 Å². The summed E-state index contributed by atoms with van der Waals surface area (Å²) in [5, 5.41) is 12.4. The molecule has 6 heteroatoms. The zero-order valence-corrected chi connectivity index (χ0v) is 14.5. The largest absolute Gasteiger partial charge is 0.478 e. The third-order valence-electron chi connectivity index (χ3n) is 2.82. The SMILES string of the molecule is CCCc1cc(C(=O)O)cc(Nc2cc(Br)ccc2Br)n1. The summed E-state index contributed by atoms with van der Waals surface area (Å²) in [5.74, 6) is -0.428. The van der Waals surface area contributed by atoms with Crippen molar-refractivity contribution in [1.29, 1.82) is 0 Å². The highest BCUT2D eigenvalue weighted by Crippen LogP contribution is 2.29. The number of hydrogen-bond acceptors (Lipinski definition) is 3. The van der Waals surface area contributed by atoms with Gasteiger partial charge < -0.3 is 10.4 Å². The first-order chi connectivity index (χ1) is 9.99. The molecule has 0 saturated carbocycles. The van der Waals surface area contributed by atoms with Gasteiger partial charge >= 0.3 is 5.97 Å². The smallest absolute Gasteiger partial charge is 0.335 e. The standard InChI is InChI=1S/C15H14Br2N2O2/c1-2-3-11-6-9(15(20)21)7-14(18-11)19-13-8-10(16)4-5-12(13)17/h4-8H,2-3H2,1H3,(H,18,19)(H,20,21). The normalized spacial score (nSPS) is 10.4. The minimum Gasteiger partial charge on any atom is -0.478 e. The van der Waals surface area contributed by atoms with E-state index in [4.69, 9.17) is 0 Å². The summed E-state index contributed by atoms with van der Waals surface area (Å²) < 4.78 is 1.81.